The molecule has 0 aliphatic carbocycles. The Morgan fingerprint density at radius 3 is 2.05 bits per heavy atom. The molecule has 0 aliphatic heterocycles. The van der Waals surface area contributed by atoms with Crippen LogP contribution in [0.25, 0.3) is 0 Å². The molecule has 0 spiro atoms. The smallest absolute Gasteiger partial charge is 0.227 e. The van der Waals surface area contributed by atoms with E-state index < -0.39 is 0 Å². The Morgan fingerprint density at radius 1 is 1.15 bits per heavy atom. The molecular formula is C18H29NO. The first-order valence-electron chi connectivity index (χ1n) is 7.54. The van der Waals surface area contributed by atoms with Gasteiger partial charge in [0.15, 0.2) is 0 Å². The number of aryl methyl sites for hydroxylation is 2. The number of anilines is 1. The van der Waals surface area contributed by atoms with E-state index in [1.807, 2.05) is 4.90 Å². The second-order valence-corrected chi connectivity index (χ2v) is 7.10. The van der Waals surface area contributed by atoms with Gasteiger partial charge < -0.3 is 4.90 Å². The highest BCUT2D eigenvalue weighted by atomic mass is 16.2. The molecule has 0 fully saturated rings. The van der Waals surface area contributed by atoms with E-state index in [9.17, 15) is 4.79 Å². The van der Waals surface area contributed by atoms with Gasteiger partial charge in [-0.2, -0.15) is 0 Å². The van der Waals surface area contributed by atoms with Crippen molar-refractivity contribution >= 4 is 11.6 Å². The van der Waals surface area contributed by atoms with E-state index in [4.69, 9.17) is 0 Å². The van der Waals surface area contributed by atoms with Crippen LogP contribution in [0.5, 0.6) is 0 Å². The Kier molecular flexibility index (Phi) is 5.38. The fraction of sp³-hybridized carbons (Fsp3) is 0.611. The van der Waals surface area contributed by atoms with E-state index in [0.717, 1.165) is 12.1 Å². The number of rotatable bonds is 4. The normalized spacial score (nSPS) is 13.2. The Labute approximate surface area is 124 Å². The maximum atomic E-state index is 12.7. The van der Waals surface area contributed by atoms with Crippen molar-refractivity contribution in [3.05, 3.63) is 29.3 Å². The summed E-state index contributed by atoms with van der Waals surface area (Å²) in [6.45, 7) is 14.8. The van der Waals surface area contributed by atoms with Crippen molar-refractivity contribution in [2.75, 3.05) is 4.90 Å². The fourth-order valence-corrected chi connectivity index (χ4v) is 2.46. The average Bonchev–Trinajstić information content (AvgIpc) is 2.24. The van der Waals surface area contributed by atoms with Crippen LogP contribution in [0.4, 0.5) is 5.69 Å². The maximum absolute atomic E-state index is 12.7. The second kappa shape index (κ2) is 6.43. The Hall–Kier alpha value is -1.31. The first-order chi connectivity index (χ1) is 9.14. The standard InChI is InChI=1S/C18H29NO/c1-8-15(4)19(17(20)12-18(5,6)7)16-10-13(2)9-14(3)11-16/h9-11,15H,8,12H2,1-7H3. The molecule has 0 saturated heterocycles. The predicted octanol–water partition coefficient (Wildman–Crippen LogP) is 4.87. The third kappa shape index (κ3) is 4.66. The van der Waals surface area contributed by atoms with Gasteiger partial charge in [-0.25, -0.2) is 0 Å². The zero-order valence-corrected chi connectivity index (χ0v) is 14.1. The van der Waals surface area contributed by atoms with Crippen LogP contribution >= 0.6 is 0 Å². The van der Waals surface area contributed by atoms with E-state index >= 15 is 0 Å². The van der Waals surface area contributed by atoms with Crippen molar-refractivity contribution in [1.82, 2.24) is 0 Å². The minimum atomic E-state index is 0.0155. The van der Waals surface area contributed by atoms with Crippen molar-refractivity contribution < 1.29 is 4.79 Å². The Morgan fingerprint density at radius 2 is 1.65 bits per heavy atom. The highest BCUT2D eigenvalue weighted by Crippen LogP contribution is 2.27. The van der Waals surface area contributed by atoms with Gasteiger partial charge in [0.05, 0.1) is 0 Å². The third-order valence-corrected chi connectivity index (χ3v) is 3.47. The average molecular weight is 275 g/mol. The lowest BCUT2D eigenvalue weighted by Crippen LogP contribution is -2.40. The maximum Gasteiger partial charge on any atom is 0.227 e. The molecule has 0 aromatic heterocycles. The van der Waals surface area contributed by atoms with Crippen LogP contribution in [0, 0.1) is 19.3 Å². The highest BCUT2D eigenvalue weighted by Gasteiger charge is 2.25. The largest absolute Gasteiger partial charge is 0.310 e. The van der Waals surface area contributed by atoms with Gasteiger partial charge in [-0.15, -0.1) is 0 Å². The summed E-state index contributed by atoms with van der Waals surface area (Å²) in [5, 5.41) is 0. The molecule has 2 heteroatoms. The predicted molar refractivity (Wildman–Crippen MR) is 87.2 cm³/mol. The molecule has 0 N–H and O–H groups in total. The van der Waals surface area contributed by atoms with Crippen molar-refractivity contribution in [1.29, 1.82) is 0 Å². The highest BCUT2D eigenvalue weighted by molar-refractivity contribution is 5.94. The van der Waals surface area contributed by atoms with Gasteiger partial charge in [-0.3, -0.25) is 4.79 Å². The third-order valence-electron chi connectivity index (χ3n) is 3.47. The van der Waals surface area contributed by atoms with Crippen molar-refractivity contribution in [3.8, 4) is 0 Å². The number of hydrogen-bond donors (Lipinski definition) is 0. The van der Waals surface area contributed by atoms with Gasteiger partial charge in [-0.1, -0.05) is 33.8 Å². The van der Waals surface area contributed by atoms with Gasteiger partial charge in [0.1, 0.15) is 0 Å². The first-order valence-corrected chi connectivity index (χ1v) is 7.54. The monoisotopic (exact) mass is 275 g/mol. The van der Waals surface area contributed by atoms with Gasteiger partial charge in [0.25, 0.3) is 0 Å². The molecule has 1 rings (SSSR count). The lowest BCUT2D eigenvalue weighted by Gasteiger charge is -2.32. The minimum absolute atomic E-state index is 0.0155. The van der Waals surface area contributed by atoms with Crippen molar-refractivity contribution in [2.24, 2.45) is 5.41 Å². The number of carbonyl (C=O) groups is 1. The van der Waals surface area contributed by atoms with E-state index in [-0.39, 0.29) is 17.4 Å². The van der Waals surface area contributed by atoms with Crippen LogP contribution < -0.4 is 4.90 Å². The minimum Gasteiger partial charge on any atom is -0.310 e. The zero-order chi connectivity index (χ0) is 15.5. The van der Waals surface area contributed by atoms with E-state index in [0.29, 0.717) is 6.42 Å². The van der Waals surface area contributed by atoms with Gasteiger partial charge >= 0.3 is 0 Å². The second-order valence-electron chi connectivity index (χ2n) is 7.10. The lowest BCUT2D eigenvalue weighted by molar-refractivity contribution is -0.120. The van der Waals surface area contributed by atoms with E-state index in [1.165, 1.54) is 11.1 Å². The molecule has 0 aliphatic rings. The molecule has 1 amide bonds. The first kappa shape index (κ1) is 16.7. The van der Waals surface area contributed by atoms with Crippen LogP contribution in [-0.4, -0.2) is 11.9 Å². The summed E-state index contributed by atoms with van der Waals surface area (Å²) in [6.07, 6.45) is 1.53. The molecule has 1 atom stereocenters. The molecule has 0 saturated carbocycles. The molecule has 112 valence electrons. The Bertz CT molecular complexity index is 451. The number of benzene rings is 1. The summed E-state index contributed by atoms with van der Waals surface area (Å²) in [5.74, 6) is 0.219. The molecule has 0 heterocycles. The summed E-state index contributed by atoms with van der Waals surface area (Å²) in [5.41, 5.74) is 3.46. The molecule has 1 unspecified atom stereocenters. The van der Waals surface area contributed by atoms with Crippen LogP contribution in [0.1, 0.15) is 58.6 Å². The molecular weight excluding hydrogens is 246 g/mol. The fourth-order valence-electron chi connectivity index (χ4n) is 2.46. The summed E-state index contributed by atoms with van der Waals surface area (Å²) in [4.78, 5) is 14.7. The van der Waals surface area contributed by atoms with Crippen LogP contribution in [0.2, 0.25) is 0 Å². The summed E-state index contributed by atoms with van der Waals surface area (Å²) in [6, 6.07) is 6.59. The summed E-state index contributed by atoms with van der Waals surface area (Å²) < 4.78 is 0. The molecule has 2 nitrogen and oxygen atoms in total. The molecule has 1 aromatic carbocycles. The molecule has 20 heavy (non-hydrogen) atoms. The van der Waals surface area contributed by atoms with Crippen LogP contribution in [0.15, 0.2) is 18.2 Å². The zero-order valence-electron chi connectivity index (χ0n) is 14.1. The van der Waals surface area contributed by atoms with E-state index in [2.05, 4.69) is 66.7 Å². The molecule has 1 aromatic rings. The topological polar surface area (TPSA) is 20.3 Å². The summed E-state index contributed by atoms with van der Waals surface area (Å²) in [7, 11) is 0. The van der Waals surface area contributed by atoms with Gasteiger partial charge in [0.2, 0.25) is 5.91 Å². The van der Waals surface area contributed by atoms with Gasteiger partial charge in [0, 0.05) is 18.2 Å². The number of hydrogen-bond acceptors (Lipinski definition) is 1. The molecule has 0 bridgehead atoms. The van der Waals surface area contributed by atoms with E-state index in [1.54, 1.807) is 0 Å². The van der Waals surface area contributed by atoms with Gasteiger partial charge in [-0.05, 0) is 55.9 Å². The SMILES string of the molecule is CCC(C)N(C(=O)CC(C)(C)C)c1cc(C)cc(C)c1. The summed E-state index contributed by atoms with van der Waals surface area (Å²) >= 11 is 0. The quantitative estimate of drug-likeness (QED) is 0.767. The lowest BCUT2D eigenvalue weighted by atomic mass is 9.91. The number of carbonyl (C=O) groups excluding carboxylic acids is 1. The number of nitrogens with zero attached hydrogens (tertiary/aromatic N) is 1. The van der Waals surface area contributed by atoms with Crippen LogP contribution in [-0.2, 0) is 4.79 Å². The number of amides is 1. The van der Waals surface area contributed by atoms with Crippen molar-refractivity contribution in [2.45, 2.75) is 67.3 Å². The molecule has 0 radical (unpaired) electrons. The Balaban J connectivity index is 3.15. The van der Waals surface area contributed by atoms with Crippen LogP contribution in [0.3, 0.4) is 0 Å². The van der Waals surface area contributed by atoms with Crippen molar-refractivity contribution in [3.63, 3.8) is 0 Å².